The molecule has 1 aromatic rings. The zero-order chi connectivity index (χ0) is 12.6. The van der Waals surface area contributed by atoms with Crippen molar-refractivity contribution in [2.45, 2.75) is 6.42 Å². The fourth-order valence-electron chi connectivity index (χ4n) is 1.77. The molecule has 0 radical (unpaired) electrons. The normalized spacial score (nSPS) is 18.3. The smallest absolute Gasteiger partial charge is 0.235 e. The number of hydrogen-bond acceptors (Lipinski definition) is 3. The molecule has 0 bridgehead atoms. The highest BCUT2D eigenvalue weighted by molar-refractivity contribution is 9.10. The maximum atomic E-state index is 11.8. The van der Waals surface area contributed by atoms with E-state index in [0.717, 1.165) is 0 Å². The van der Waals surface area contributed by atoms with E-state index in [2.05, 4.69) is 15.9 Å². The second-order valence-electron chi connectivity index (χ2n) is 3.77. The minimum Gasteiger partial charge on any atom is -0.389 e. The van der Waals surface area contributed by atoms with Gasteiger partial charge < -0.3 is 5.73 Å². The van der Waals surface area contributed by atoms with Crippen molar-refractivity contribution in [3.63, 3.8) is 0 Å². The number of rotatable bonds is 2. The number of nitrogens with zero attached hydrogens (tertiary/aromatic N) is 1. The molecule has 0 amide bonds. The van der Waals surface area contributed by atoms with Crippen LogP contribution in [0.4, 0.5) is 5.69 Å². The van der Waals surface area contributed by atoms with E-state index in [1.807, 2.05) is 0 Å². The molecule has 92 valence electrons. The molecule has 0 unspecified atom stereocenters. The van der Waals surface area contributed by atoms with Crippen LogP contribution in [0.15, 0.2) is 22.7 Å². The zero-order valence-electron chi connectivity index (χ0n) is 8.89. The number of nitrogens with two attached hydrogens (primary N) is 1. The standard InChI is InChI=1S/C10H11BrN2O2S2/c11-8-6-7(10(12)16)2-3-9(8)13-4-1-5-17(13,14)15/h2-3,6H,1,4-5H2,(H2,12,16). The Balaban J connectivity index is 2.44. The highest BCUT2D eigenvalue weighted by Crippen LogP contribution is 2.32. The van der Waals surface area contributed by atoms with E-state index < -0.39 is 10.0 Å². The first-order chi connectivity index (χ1) is 7.92. The maximum Gasteiger partial charge on any atom is 0.235 e. The molecular weight excluding hydrogens is 324 g/mol. The highest BCUT2D eigenvalue weighted by Gasteiger charge is 2.29. The molecule has 0 aliphatic carbocycles. The molecule has 2 N–H and O–H groups in total. The van der Waals surface area contributed by atoms with Crippen LogP contribution in [0.25, 0.3) is 0 Å². The molecule has 17 heavy (non-hydrogen) atoms. The van der Waals surface area contributed by atoms with Crippen molar-refractivity contribution in [3.05, 3.63) is 28.2 Å². The minimum atomic E-state index is -3.16. The summed E-state index contributed by atoms with van der Waals surface area (Å²) in [6.07, 6.45) is 0.659. The van der Waals surface area contributed by atoms with Crippen molar-refractivity contribution in [3.8, 4) is 0 Å². The van der Waals surface area contributed by atoms with Gasteiger partial charge in [0, 0.05) is 16.6 Å². The Labute approximate surface area is 114 Å². The van der Waals surface area contributed by atoms with Crippen molar-refractivity contribution in [1.29, 1.82) is 0 Å². The lowest BCUT2D eigenvalue weighted by atomic mass is 10.2. The molecule has 1 aliphatic heterocycles. The summed E-state index contributed by atoms with van der Waals surface area (Å²) >= 11 is 8.23. The Bertz CT molecular complexity index is 572. The van der Waals surface area contributed by atoms with Crippen molar-refractivity contribution in [2.24, 2.45) is 5.73 Å². The average Bonchev–Trinajstić information content (AvgIpc) is 2.58. The van der Waals surface area contributed by atoms with Crippen molar-refractivity contribution in [1.82, 2.24) is 0 Å². The van der Waals surface area contributed by atoms with Crippen LogP contribution in [0.2, 0.25) is 0 Å². The van der Waals surface area contributed by atoms with E-state index in [1.165, 1.54) is 4.31 Å². The summed E-state index contributed by atoms with van der Waals surface area (Å²) in [6, 6.07) is 5.20. The average molecular weight is 335 g/mol. The fraction of sp³-hybridized carbons (Fsp3) is 0.300. The molecule has 1 heterocycles. The summed E-state index contributed by atoms with van der Waals surface area (Å²) < 4.78 is 25.7. The third-order valence-electron chi connectivity index (χ3n) is 2.60. The first-order valence-electron chi connectivity index (χ1n) is 5.01. The molecule has 0 spiro atoms. The summed E-state index contributed by atoms with van der Waals surface area (Å²) in [5.41, 5.74) is 6.87. The topological polar surface area (TPSA) is 63.4 Å². The van der Waals surface area contributed by atoms with Crippen LogP contribution in [0.5, 0.6) is 0 Å². The third kappa shape index (κ3) is 2.46. The summed E-state index contributed by atoms with van der Waals surface area (Å²) in [4.78, 5) is 0.293. The lowest BCUT2D eigenvalue weighted by Crippen LogP contribution is -2.25. The van der Waals surface area contributed by atoms with Crippen LogP contribution in [-0.4, -0.2) is 25.7 Å². The first-order valence-corrected chi connectivity index (χ1v) is 7.82. The van der Waals surface area contributed by atoms with E-state index in [4.69, 9.17) is 18.0 Å². The Hall–Kier alpha value is -0.660. The van der Waals surface area contributed by atoms with E-state index in [9.17, 15) is 8.42 Å². The van der Waals surface area contributed by atoms with Gasteiger partial charge in [-0.15, -0.1) is 0 Å². The van der Waals surface area contributed by atoms with Gasteiger partial charge in [-0.25, -0.2) is 8.42 Å². The van der Waals surface area contributed by atoms with Crippen molar-refractivity contribution >= 4 is 48.8 Å². The Morgan fingerprint density at radius 2 is 2.18 bits per heavy atom. The van der Waals surface area contributed by atoms with Gasteiger partial charge in [-0.05, 0) is 40.5 Å². The number of sulfonamides is 1. The number of thiocarbonyl (C=S) groups is 1. The minimum absolute atomic E-state index is 0.205. The van der Waals surface area contributed by atoms with Gasteiger partial charge in [0.1, 0.15) is 4.99 Å². The summed E-state index contributed by atoms with van der Waals surface area (Å²) in [5, 5.41) is 0. The van der Waals surface area contributed by atoms with Gasteiger partial charge in [-0.3, -0.25) is 4.31 Å². The summed E-state index contributed by atoms with van der Waals surface area (Å²) in [6.45, 7) is 0.521. The molecular formula is C10H11BrN2O2S2. The van der Waals surface area contributed by atoms with Gasteiger partial charge in [0.05, 0.1) is 11.4 Å². The lowest BCUT2D eigenvalue weighted by molar-refractivity contribution is 0.599. The zero-order valence-corrected chi connectivity index (χ0v) is 12.1. The number of anilines is 1. The van der Waals surface area contributed by atoms with Crippen molar-refractivity contribution < 1.29 is 8.42 Å². The molecule has 1 saturated heterocycles. The fourth-order valence-corrected chi connectivity index (χ4v) is 4.19. The lowest BCUT2D eigenvalue weighted by Gasteiger charge is -2.18. The number of hydrogen-bond donors (Lipinski definition) is 1. The van der Waals surface area contributed by atoms with Crippen LogP contribution in [0.3, 0.4) is 0 Å². The van der Waals surface area contributed by atoms with E-state index in [0.29, 0.717) is 33.7 Å². The van der Waals surface area contributed by atoms with Gasteiger partial charge in [0.25, 0.3) is 0 Å². The van der Waals surface area contributed by atoms with Gasteiger partial charge in [0.2, 0.25) is 10.0 Å². The first kappa shape index (κ1) is 12.8. The molecule has 4 nitrogen and oxygen atoms in total. The maximum absolute atomic E-state index is 11.8. The largest absolute Gasteiger partial charge is 0.389 e. The second-order valence-corrected chi connectivity index (χ2v) is 7.08. The summed E-state index contributed by atoms with van der Waals surface area (Å²) in [7, 11) is -3.16. The Morgan fingerprint density at radius 3 is 2.65 bits per heavy atom. The van der Waals surface area contributed by atoms with Crippen LogP contribution in [0.1, 0.15) is 12.0 Å². The SMILES string of the molecule is NC(=S)c1ccc(N2CCCS2(=O)=O)c(Br)c1. The number of benzene rings is 1. The van der Waals surface area contributed by atoms with Gasteiger partial charge >= 0.3 is 0 Å². The number of halogens is 1. The molecule has 0 atom stereocenters. The predicted octanol–water partition coefficient (Wildman–Crippen LogP) is 1.62. The van der Waals surface area contributed by atoms with E-state index >= 15 is 0 Å². The monoisotopic (exact) mass is 334 g/mol. The molecule has 2 rings (SSSR count). The Morgan fingerprint density at radius 1 is 1.47 bits per heavy atom. The summed E-state index contributed by atoms with van der Waals surface area (Å²) in [5.74, 6) is 0.205. The Kier molecular flexibility index (Phi) is 3.42. The van der Waals surface area contributed by atoms with Gasteiger partial charge in [-0.1, -0.05) is 12.2 Å². The van der Waals surface area contributed by atoms with Gasteiger partial charge in [-0.2, -0.15) is 0 Å². The molecule has 7 heteroatoms. The molecule has 1 fully saturated rings. The van der Waals surface area contributed by atoms with Crippen LogP contribution in [0, 0.1) is 0 Å². The van der Waals surface area contributed by atoms with Crippen LogP contribution >= 0.6 is 28.1 Å². The van der Waals surface area contributed by atoms with Crippen LogP contribution in [-0.2, 0) is 10.0 Å². The molecule has 0 aromatic heterocycles. The van der Waals surface area contributed by atoms with Crippen molar-refractivity contribution in [2.75, 3.05) is 16.6 Å². The molecule has 1 aromatic carbocycles. The van der Waals surface area contributed by atoms with E-state index in [-0.39, 0.29) is 5.75 Å². The van der Waals surface area contributed by atoms with Crippen LogP contribution < -0.4 is 10.0 Å². The predicted molar refractivity (Wildman–Crippen MR) is 75.8 cm³/mol. The van der Waals surface area contributed by atoms with E-state index in [1.54, 1.807) is 18.2 Å². The molecule has 0 saturated carbocycles. The quantitative estimate of drug-likeness (QED) is 0.835. The third-order valence-corrected chi connectivity index (χ3v) is 5.33. The van der Waals surface area contributed by atoms with Gasteiger partial charge in [0.15, 0.2) is 0 Å². The second kappa shape index (κ2) is 4.55. The highest BCUT2D eigenvalue weighted by atomic mass is 79.9. The molecule has 1 aliphatic rings.